The van der Waals surface area contributed by atoms with Gasteiger partial charge in [-0.1, -0.05) is 42.5 Å². The monoisotopic (exact) mass is 668 g/mol. The third kappa shape index (κ3) is 14.2. The van der Waals surface area contributed by atoms with Crippen LogP contribution in [0, 0.1) is 0 Å². The zero-order chi connectivity index (χ0) is 34.3. The Labute approximate surface area is 268 Å². The zero-order valence-corrected chi connectivity index (χ0v) is 26.0. The van der Waals surface area contributed by atoms with Crippen molar-refractivity contribution in [3.63, 3.8) is 0 Å². The number of carbonyl (C=O) groups is 5. The third-order valence-electron chi connectivity index (χ3n) is 6.71. The predicted molar refractivity (Wildman–Crippen MR) is 166 cm³/mol. The summed E-state index contributed by atoms with van der Waals surface area (Å²) in [6, 6.07) is 9.18. The molecular weight excluding hydrogens is 629 g/mol. The van der Waals surface area contributed by atoms with Crippen LogP contribution in [0.4, 0.5) is 13.2 Å². The second-order valence-corrected chi connectivity index (χ2v) is 11.5. The van der Waals surface area contributed by atoms with E-state index in [1.54, 1.807) is 48.7 Å². The molecule has 2 rings (SSSR count). The van der Waals surface area contributed by atoms with Gasteiger partial charge in [0.1, 0.15) is 23.9 Å². The molecule has 2 aromatic carbocycles. The molecule has 16 heteroatoms. The molecule has 5 amide bonds. The molecule has 0 aliphatic heterocycles. The fraction of sp³-hybridized carbons (Fsp3) is 0.433. The minimum Gasteiger partial charge on any atom is -0.508 e. The topological polar surface area (TPSA) is 206 Å². The molecule has 0 aliphatic rings. The fourth-order valence-corrected chi connectivity index (χ4v) is 4.70. The number of nitrogens with one attached hydrogen (secondary N) is 4. The van der Waals surface area contributed by atoms with Crippen LogP contribution in [0.25, 0.3) is 0 Å². The summed E-state index contributed by atoms with van der Waals surface area (Å²) in [5.74, 6) is -3.86. The standard InChI is InChI=1S/C30H39F3N6O6S/c1-46-14-12-22(26(35)42)38-29(45)24(16-18-5-3-2-4-6-18)39-28(44)23(11-13-30(31,32)33)37-25(41)17-36-27(43)21(34)15-19-7-9-20(40)10-8-19/h2-10,21-24,40H,11-17,34H2,1H3,(H2,35,42)(H,36,43)(H,37,41)(H,38,45)(H,39,44)/t21-,22-,23-,24-/m0/s1. The third-order valence-corrected chi connectivity index (χ3v) is 7.35. The normalized spacial score (nSPS) is 13.8. The zero-order valence-electron chi connectivity index (χ0n) is 25.1. The van der Waals surface area contributed by atoms with Crippen LogP contribution >= 0.6 is 11.8 Å². The van der Waals surface area contributed by atoms with E-state index in [1.165, 1.54) is 23.9 Å². The summed E-state index contributed by atoms with van der Waals surface area (Å²) in [4.78, 5) is 63.5. The Morgan fingerprint density at radius 1 is 0.804 bits per heavy atom. The van der Waals surface area contributed by atoms with Gasteiger partial charge in [-0.3, -0.25) is 24.0 Å². The van der Waals surface area contributed by atoms with E-state index in [2.05, 4.69) is 21.3 Å². The Kier molecular flexibility index (Phi) is 15.3. The summed E-state index contributed by atoms with van der Waals surface area (Å²) in [5, 5.41) is 18.8. The van der Waals surface area contributed by atoms with E-state index < -0.39 is 79.3 Å². The van der Waals surface area contributed by atoms with Crippen LogP contribution in [0.3, 0.4) is 0 Å². The Morgan fingerprint density at radius 2 is 1.39 bits per heavy atom. The first kappa shape index (κ1) is 37.9. The molecule has 0 aliphatic carbocycles. The summed E-state index contributed by atoms with van der Waals surface area (Å²) in [6.07, 6.45) is -4.94. The number of primary amides is 1. The summed E-state index contributed by atoms with van der Waals surface area (Å²) in [6.45, 7) is -0.693. The van der Waals surface area contributed by atoms with Crippen molar-refractivity contribution < 1.29 is 42.3 Å². The smallest absolute Gasteiger partial charge is 0.389 e. The van der Waals surface area contributed by atoms with Crippen molar-refractivity contribution in [1.29, 1.82) is 0 Å². The maximum Gasteiger partial charge on any atom is 0.389 e. The number of aromatic hydroxyl groups is 1. The van der Waals surface area contributed by atoms with E-state index in [-0.39, 0.29) is 25.0 Å². The quantitative estimate of drug-likeness (QED) is 0.120. The molecule has 0 unspecified atom stereocenters. The van der Waals surface area contributed by atoms with Crippen molar-refractivity contribution in [2.24, 2.45) is 11.5 Å². The van der Waals surface area contributed by atoms with Crippen LogP contribution in [-0.2, 0) is 36.8 Å². The predicted octanol–water partition coefficient (Wildman–Crippen LogP) is 0.656. The van der Waals surface area contributed by atoms with Crippen molar-refractivity contribution in [3.05, 3.63) is 65.7 Å². The lowest BCUT2D eigenvalue weighted by Gasteiger charge is -2.25. The molecule has 0 radical (unpaired) electrons. The van der Waals surface area contributed by atoms with Gasteiger partial charge in [0.25, 0.3) is 0 Å². The molecule has 0 bridgehead atoms. The van der Waals surface area contributed by atoms with Crippen molar-refractivity contribution in [2.45, 2.75) is 62.4 Å². The average Bonchev–Trinajstić information content (AvgIpc) is 3.00. The Hall–Kier alpha value is -4.31. The van der Waals surface area contributed by atoms with Crippen molar-refractivity contribution in [3.8, 4) is 5.75 Å². The summed E-state index contributed by atoms with van der Waals surface area (Å²) in [5.41, 5.74) is 12.5. The van der Waals surface area contributed by atoms with E-state index in [9.17, 15) is 42.3 Å². The first-order chi connectivity index (χ1) is 21.7. The Balaban J connectivity index is 2.14. The Morgan fingerprint density at radius 3 is 1.98 bits per heavy atom. The highest BCUT2D eigenvalue weighted by Gasteiger charge is 2.33. The van der Waals surface area contributed by atoms with Gasteiger partial charge in [0.05, 0.1) is 12.6 Å². The molecule has 0 spiro atoms. The van der Waals surface area contributed by atoms with Crippen LogP contribution in [0.2, 0.25) is 0 Å². The second-order valence-electron chi connectivity index (χ2n) is 10.5. The number of amides is 5. The molecule has 9 N–H and O–H groups in total. The van der Waals surface area contributed by atoms with E-state index in [4.69, 9.17) is 11.5 Å². The van der Waals surface area contributed by atoms with Gasteiger partial charge in [-0.25, -0.2) is 0 Å². The first-order valence-corrected chi connectivity index (χ1v) is 15.7. The van der Waals surface area contributed by atoms with Gasteiger partial charge < -0.3 is 37.8 Å². The fourth-order valence-electron chi connectivity index (χ4n) is 4.22. The molecule has 12 nitrogen and oxygen atoms in total. The molecular formula is C30H39F3N6O6S. The van der Waals surface area contributed by atoms with Gasteiger partial charge >= 0.3 is 6.18 Å². The summed E-state index contributed by atoms with van der Waals surface area (Å²) in [7, 11) is 0. The highest BCUT2D eigenvalue weighted by Crippen LogP contribution is 2.22. The van der Waals surface area contributed by atoms with Crippen LogP contribution in [0.15, 0.2) is 54.6 Å². The maximum absolute atomic E-state index is 13.3. The van der Waals surface area contributed by atoms with Crippen molar-refractivity contribution in [1.82, 2.24) is 21.3 Å². The number of nitrogens with two attached hydrogens (primary N) is 2. The summed E-state index contributed by atoms with van der Waals surface area (Å²) >= 11 is 1.42. The minimum absolute atomic E-state index is 0.0237. The largest absolute Gasteiger partial charge is 0.508 e. The number of phenols is 1. The van der Waals surface area contributed by atoms with E-state index >= 15 is 0 Å². The van der Waals surface area contributed by atoms with E-state index in [0.717, 1.165) is 0 Å². The Bertz CT molecular complexity index is 1320. The first-order valence-electron chi connectivity index (χ1n) is 14.3. The van der Waals surface area contributed by atoms with Crippen LogP contribution in [-0.4, -0.2) is 83.5 Å². The molecule has 0 heterocycles. The number of hydrogen-bond donors (Lipinski definition) is 7. The summed E-state index contributed by atoms with van der Waals surface area (Å²) < 4.78 is 39.4. The molecule has 0 saturated carbocycles. The minimum atomic E-state index is -4.66. The number of carbonyl (C=O) groups excluding carboxylic acids is 5. The van der Waals surface area contributed by atoms with Gasteiger partial charge in [0, 0.05) is 12.8 Å². The van der Waals surface area contributed by atoms with Gasteiger partial charge in [-0.15, -0.1) is 0 Å². The number of benzene rings is 2. The lowest BCUT2D eigenvalue weighted by atomic mass is 10.0. The number of alkyl halides is 3. The highest BCUT2D eigenvalue weighted by molar-refractivity contribution is 7.98. The average molecular weight is 669 g/mol. The number of phenolic OH excluding ortho intramolecular Hbond substituents is 1. The van der Waals surface area contributed by atoms with Crippen molar-refractivity contribution in [2.75, 3.05) is 18.6 Å². The van der Waals surface area contributed by atoms with Gasteiger partial charge in [0.2, 0.25) is 29.5 Å². The van der Waals surface area contributed by atoms with Crippen LogP contribution in [0.5, 0.6) is 5.75 Å². The number of halogens is 3. The molecule has 252 valence electrons. The lowest BCUT2D eigenvalue weighted by Crippen LogP contribution is -2.57. The lowest BCUT2D eigenvalue weighted by molar-refractivity contribution is -0.142. The number of thioether (sulfide) groups is 1. The van der Waals surface area contributed by atoms with Gasteiger partial charge in [0.15, 0.2) is 0 Å². The molecule has 2 aromatic rings. The van der Waals surface area contributed by atoms with Gasteiger partial charge in [-0.05, 0) is 54.5 Å². The van der Waals surface area contributed by atoms with Gasteiger partial charge in [-0.2, -0.15) is 24.9 Å². The maximum atomic E-state index is 13.3. The SMILES string of the molecule is CSCC[C@H](NC(=O)[C@H](Cc1ccccc1)NC(=O)[C@H](CCC(F)(F)F)NC(=O)CNC(=O)[C@@H](N)Cc1ccc(O)cc1)C(N)=O. The van der Waals surface area contributed by atoms with E-state index in [0.29, 0.717) is 16.9 Å². The van der Waals surface area contributed by atoms with Crippen molar-refractivity contribution >= 4 is 41.3 Å². The molecule has 46 heavy (non-hydrogen) atoms. The molecule has 0 saturated heterocycles. The number of rotatable bonds is 18. The van der Waals surface area contributed by atoms with Crippen LogP contribution < -0.4 is 32.7 Å². The highest BCUT2D eigenvalue weighted by atomic mass is 32.2. The van der Waals surface area contributed by atoms with E-state index in [1.807, 2.05) is 0 Å². The molecule has 0 fully saturated rings. The second kappa shape index (κ2) is 18.6. The number of hydrogen-bond acceptors (Lipinski definition) is 8. The molecule has 4 atom stereocenters. The molecule has 0 aromatic heterocycles. The van der Waals surface area contributed by atoms with Crippen LogP contribution in [0.1, 0.15) is 30.4 Å².